The smallest absolute Gasteiger partial charge is 0.253 e. The van der Waals surface area contributed by atoms with Crippen molar-refractivity contribution in [2.24, 2.45) is 0 Å². The molecule has 4 nitrogen and oxygen atoms in total. The molecule has 0 aliphatic rings. The van der Waals surface area contributed by atoms with Gasteiger partial charge in [-0.15, -0.1) is 11.3 Å². The Bertz CT molecular complexity index is 597. The van der Waals surface area contributed by atoms with E-state index in [2.05, 4.69) is 10.3 Å². The van der Waals surface area contributed by atoms with Gasteiger partial charge in [0.05, 0.1) is 16.3 Å². The highest BCUT2D eigenvalue weighted by Gasteiger charge is 2.12. The van der Waals surface area contributed by atoms with E-state index >= 15 is 0 Å². The third-order valence-corrected chi connectivity index (χ3v) is 3.61. The van der Waals surface area contributed by atoms with Gasteiger partial charge in [0.15, 0.2) is 0 Å². The van der Waals surface area contributed by atoms with Crippen molar-refractivity contribution >= 4 is 22.9 Å². The molecule has 0 fully saturated rings. The molecule has 1 aromatic carbocycles. The zero-order valence-corrected chi connectivity index (χ0v) is 11.3. The summed E-state index contributed by atoms with van der Waals surface area (Å²) in [5.74, 6) is -0.950. The van der Waals surface area contributed by atoms with Crippen LogP contribution in [0.1, 0.15) is 21.1 Å². The van der Waals surface area contributed by atoms with Gasteiger partial charge in [0.1, 0.15) is 5.82 Å². The zero-order chi connectivity index (χ0) is 13.8. The third-order valence-electron chi connectivity index (χ3n) is 2.59. The second-order valence-electron chi connectivity index (χ2n) is 4.09. The van der Waals surface area contributed by atoms with Crippen LogP contribution in [0.2, 0.25) is 0 Å². The first-order valence-corrected chi connectivity index (χ1v) is 6.69. The molecule has 100 valence electrons. The molecule has 0 radical (unpaired) electrons. The van der Waals surface area contributed by atoms with Crippen LogP contribution in [0.25, 0.3) is 0 Å². The minimum Gasteiger partial charge on any atom is -0.396 e. The fraction of sp³-hybridized carbons (Fsp3) is 0.231. The molecule has 2 rings (SSSR count). The van der Waals surface area contributed by atoms with E-state index in [4.69, 9.17) is 5.73 Å². The van der Waals surface area contributed by atoms with Gasteiger partial charge in [0, 0.05) is 24.0 Å². The number of para-hydroxylation sites is 1. The van der Waals surface area contributed by atoms with E-state index in [1.165, 1.54) is 18.2 Å². The summed E-state index contributed by atoms with van der Waals surface area (Å²) in [6.07, 6.45) is 0.652. The molecule has 0 atom stereocenters. The number of anilines is 1. The first kappa shape index (κ1) is 13.5. The number of hydrogen-bond donors (Lipinski definition) is 2. The lowest BCUT2D eigenvalue weighted by Gasteiger charge is -2.07. The zero-order valence-electron chi connectivity index (χ0n) is 10.4. The highest BCUT2D eigenvalue weighted by molar-refractivity contribution is 7.09. The van der Waals surface area contributed by atoms with Gasteiger partial charge >= 0.3 is 0 Å². The first-order chi connectivity index (χ1) is 9.08. The summed E-state index contributed by atoms with van der Waals surface area (Å²) in [6, 6.07) is 4.19. The number of benzene rings is 1. The fourth-order valence-corrected chi connectivity index (χ4v) is 2.41. The van der Waals surface area contributed by atoms with Crippen LogP contribution >= 0.6 is 11.3 Å². The molecule has 1 heterocycles. The molecule has 0 saturated heterocycles. The van der Waals surface area contributed by atoms with E-state index in [0.717, 1.165) is 10.7 Å². The van der Waals surface area contributed by atoms with E-state index in [1.54, 1.807) is 11.3 Å². The summed E-state index contributed by atoms with van der Waals surface area (Å²) in [5, 5.41) is 5.63. The van der Waals surface area contributed by atoms with Gasteiger partial charge in [-0.3, -0.25) is 4.79 Å². The second-order valence-corrected chi connectivity index (χ2v) is 5.03. The minimum absolute atomic E-state index is 0.120. The molecule has 6 heteroatoms. The van der Waals surface area contributed by atoms with Crippen molar-refractivity contribution in [3.05, 3.63) is 45.7 Å². The first-order valence-electron chi connectivity index (χ1n) is 5.81. The number of rotatable bonds is 4. The fourth-order valence-electron chi connectivity index (χ4n) is 1.63. The van der Waals surface area contributed by atoms with E-state index in [0.29, 0.717) is 13.0 Å². The molecule has 0 unspecified atom stereocenters. The number of carbonyl (C=O) groups is 1. The lowest BCUT2D eigenvalue weighted by molar-refractivity contribution is 0.0954. The maximum absolute atomic E-state index is 13.2. The number of halogens is 1. The molecule has 2 aromatic rings. The van der Waals surface area contributed by atoms with Gasteiger partial charge in [-0.05, 0) is 19.1 Å². The predicted octanol–water partition coefficient (Wildman–Crippen LogP) is 2.15. The van der Waals surface area contributed by atoms with Crippen LogP contribution in [0.4, 0.5) is 10.1 Å². The largest absolute Gasteiger partial charge is 0.396 e. The molecule has 0 aliphatic heterocycles. The van der Waals surface area contributed by atoms with Crippen LogP contribution in [0.15, 0.2) is 23.6 Å². The number of aromatic nitrogens is 1. The second kappa shape index (κ2) is 5.79. The molecule has 0 bridgehead atoms. The summed E-state index contributed by atoms with van der Waals surface area (Å²) in [4.78, 5) is 16.1. The standard InChI is InChI=1S/C13H14FN3OS/c1-8-7-19-11(17-8)5-6-16-13(18)9-3-2-4-10(14)12(9)15/h2-4,7H,5-6,15H2,1H3,(H,16,18). The number of nitrogens with zero attached hydrogens (tertiary/aromatic N) is 1. The Hall–Kier alpha value is -1.95. The van der Waals surface area contributed by atoms with Crippen LogP contribution in [0.3, 0.4) is 0 Å². The Balaban J connectivity index is 1.93. The highest BCUT2D eigenvalue weighted by atomic mass is 32.1. The van der Waals surface area contributed by atoms with E-state index < -0.39 is 5.82 Å². The van der Waals surface area contributed by atoms with Crippen LogP contribution in [0.5, 0.6) is 0 Å². The highest BCUT2D eigenvalue weighted by Crippen LogP contribution is 2.15. The maximum Gasteiger partial charge on any atom is 0.253 e. The number of carbonyl (C=O) groups excluding carboxylic acids is 1. The Kier molecular flexibility index (Phi) is 4.11. The Morgan fingerprint density at radius 2 is 2.32 bits per heavy atom. The van der Waals surface area contributed by atoms with Gasteiger partial charge in [-0.25, -0.2) is 9.37 Å². The summed E-state index contributed by atoms with van der Waals surface area (Å²) in [7, 11) is 0. The Morgan fingerprint density at radius 3 is 3.00 bits per heavy atom. The maximum atomic E-state index is 13.2. The number of nitrogens with two attached hydrogens (primary N) is 1. The van der Waals surface area contributed by atoms with Crippen molar-refractivity contribution in [1.82, 2.24) is 10.3 Å². The predicted molar refractivity (Wildman–Crippen MR) is 73.7 cm³/mol. The van der Waals surface area contributed by atoms with Crippen molar-refractivity contribution in [1.29, 1.82) is 0 Å². The van der Waals surface area contributed by atoms with Crippen LogP contribution in [0, 0.1) is 12.7 Å². The normalized spacial score (nSPS) is 10.4. The van der Waals surface area contributed by atoms with E-state index in [1.807, 2.05) is 12.3 Å². The van der Waals surface area contributed by atoms with Gasteiger partial charge < -0.3 is 11.1 Å². The van der Waals surface area contributed by atoms with Crippen molar-refractivity contribution in [3.63, 3.8) is 0 Å². The summed E-state index contributed by atoms with van der Waals surface area (Å²) < 4.78 is 13.2. The number of thiazole rings is 1. The summed E-state index contributed by atoms with van der Waals surface area (Å²) >= 11 is 1.56. The number of nitrogen functional groups attached to an aromatic ring is 1. The Labute approximate surface area is 114 Å². The summed E-state index contributed by atoms with van der Waals surface area (Å²) in [6.45, 7) is 2.37. The monoisotopic (exact) mass is 279 g/mol. The topological polar surface area (TPSA) is 68.0 Å². The molecular formula is C13H14FN3OS. The van der Waals surface area contributed by atoms with E-state index in [9.17, 15) is 9.18 Å². The number of nitrogens with one attached hydrogen (secondary N) is 1. The molecule has 1 amide bonds. The number of amides is 1. The average molecular weight is 279 g/mol. The van der Waals surface area contributed by atoms with E-state index in [-0.39, 0.29) is 17.2 Å². The third kappa shape index (κ3) is 3.29. The Morgan fingerprint density at radius 1 is 1.53 bits per heavy atom. The number of aryl methyl sites for hydroxylation is 1. The molecule has 19 heavy (non-hydrogen) atoms. The molecule has 0 saturated carbocycles. The van der Waals surface area contributed by atoms with Crippen molar-refractivity contribution in [2.45, 2.75) is 13.3 Å². The average Bonchev–Trinajstić information content (AvgIpc) is 2.78. The van der Waals surface area contributed by atoms with Crippen LogP contribution in [-0.4, -0.2) is 17.4 Å². The summed E-state index contributed by atoms with van der Waals surface area (Å²) in [5.41, 5.74) is 6.54. The molecule has 0 aliphatic carbocycles. The molecule has 1 aromatic heterocycles. The number of hydrogen-bond acceptors (Lipinski definition) is 4. The van der Waals surface area contributed by atoms with Crippen molar-refractivity contribution in [3.8, 4) is 0 Å². The van der Waals surface area contributed by atoms with Crippen LogP contribution in [-0.2, 0) is 6.42 Å². The van der Waals surface area contributed by atoms with Crippen molar-refractivity contribution < 1.29 is 9.18 Å². The lowest BCUT2D eigenvalue weighted by Crippen LogP contribution is -2.26. The van der Waals surface area contributed by atoms with Gasteiger partial charge in [-0.1, -0.05) is 6.07 Å². The molecular weight excluding hydrogens is 265 g/mol. The lowest BCUT2D eigenvalue weighted by atomic mass is 10.1. The van der Waals surface area contributed by atoms with Gasteiger partial charge in [0.25, 0.3) is 5.91 Å². The minimum atomic E-state index is -0.580. The SMILES string of the molecule is Cc1csc(CCNC(=O)c2cccc(F)c2N)n1. The van der Waals surface area contributed by atoms with Gasteiger partial charge in [-0.2, -0.15) is 0 Å². The quantitative estimate of drug-likeness (QED) is 0.843. The molecule has 3 N–H and O–H groups in total. The van der Waals surface area contributed by atoms with Crippen molar-refractivity contribution in [2.75, 3.05) is 12.3 Å². The van der Waals surface area contributed by atoms with Gasteiger partial charge in [0.2, 0.25) is 0 Å². The van der Waals surface area contributed by atoms with Crippen LogP contribution < -0.4 is 11.1 Å². The molecule has 0 spiro atoms.